The molecule has 0 aliphatic heterocycles. The van der Waals surface area contributed by atoms with Gasteiger partial charge in [0.15, 0.2) is 0 Å². The van der Waals surface area contributed by atoms with Gasteiger partial charge >= 0.3 is 5.97 Å². The summed E-state index contributed by atoms with van der Waals surface area (Å²) in [6, 6.07) is 11.7. The molecule has 0 radical (unpaired) electrons. The van der Waals surface area contributed by atoms with Crippen LogP contribution in [0, 0.1) is 6.92 Å². The van der Waals surface area contributed by atoms with Crippen molar-refractivity contribution < 1.29 is 9.53 Å². The summed E-state index contributed by atoms with van der Waals surface area (Å²) in [6.45, 7) is 4.08. The summed E-state index contributed by atoms with van der Waals surface area (Å²) in [4.78, 5) is 15.9. The van der Waals surface area contributed by atoms with Crippen molar-refractivity contribution in [3.63, 3.8) is 0 Å². The molecular formula is C16H18N2O2. The maximum Gasteiger partial charge on any atom is 0.341 e. The second-order valence-corrected chi connectivity index (χ2v) is 4.67. The third kappa shape index (κ3) is 3.15. The number of carbonyl (C=O) groups is 1. The lowest BCUT2D eigenvalue weighted by Gasteiger charge is -2.17. The van der Waals surface area contributed by atoms with Crippen LogP contribution < -0.4 is 5.32 Å². The molecule has 4 heteroatoms. The van der Waals surface area contributed by atoms with E-state index in [0.717, 1.165) is 5.56 Å². The van der Waals surface area contributed by atoms with Gasteiger partial charge in [-0.2, -0.15) is 0 Å². The highest BCUT2D eigenvalue weighted by Crippen LogP contribution is 2.21. The number of hydrogen-bond acceptors (Lipinski definition) is 4. The van der Waals surface area contributed by atoms with Crippen molar-refractivity contribution in [1.82, 2.24) is 4.98 Å². The van der Waals surface area contributed by atoms with Gasteiger partial charge in [0.1, 0.15) is 11.4 Å². The van der Waals surface area contributed by atoms with E-state index in [1.165, 1.54) is 12.7 Å². The van der Waals surface area contributed by atoms with Crippen molar-refractivity contribution in [1.29, 1.82) is 0 Å². The third-order valence-corrected chi connectivity index (χ3v) is 3.14. The van der Waals surface area contributed by atoms with Crippen LogP contribution in [0.4, 0.5) is 5.82 Å². The van der Waals surface area contributed by atoms with E-state index < -0.39 is 5.97 Å². The van der Waals surface area contributed by atoms with Crippen molar-refractivity contribution in [2.75, 3.05) is 12.4 Å². The molecule has 0 amide bonds. The highest BCUT2D eigenvalue weighted by molar-refractivity contribution is 5.94. The minimum absolute atomic E-state index is 0.0499. The van der Waals surface area contributed by atoms with Crippen LogP contribution in [0.25, 0.3) is 0 Å². The first-order chi connectivity index (χ1) is 9.61. The number of carbonyl (C=O) groups excluding carboxylic acids is 1. The zero-order valence-corrected chi connectivity index (χ0v) is 11.9. The van der Waals surface area contributed by atoms with Crippen molar-refractivity contribution in [3.05, 3.63) is 59.3 Å². The minimum Gasteiger partial charge on any atom is -0.465 e. The molecule has 1 aromatic carbocycles. The minimum atomic E-state index is -0.392. The Kier molecular flexibility index (Phi) is 4.35. The fourth-order valence-electron chi connectivity index (χ4n) is 1.94. The predicted octanol–water partition coefficient (Wildman–Crippen LogP) is 3.35. The number of esters is 1. The molecule has 0 bridgehead atoms. The quantitative estimate of drug-likeness (QED) is 0.866. The normalized spacial score (nSPS) is 11.8. The molecular weight excluding hydrogens is 252 g/mol. The van der Waals surface area contributed by atoms with Gasteiger partial charge in [0.2, 0.25) is 0 Å². The summed E-state index contributed by atoms with van der Waals surface area (Å²) in [7, 11) is 1.36. The lowest BCUT2D eigenvalue weighted by atomic mass is 10.1. The summed E-state index contributed by atoms with van der Waals surface area (Å²) in [6.07, 6.45) is 1.65. The topological polar surface area (TPSA) is 51.2 Å². The van der Waals surface area contributed by atoms with Crippen LogP contribution in [0.15, 0.2) is 42.6 Å². The Morgan fingerprint density at radius 2 is 1.95 bits per heavy atom. The van der Waals surface area contributed by atoms with E-state index >= 15 is 0 Å². The zero-order chi connectivity index (χ0) is 14.5. The van der Waals surface area contributed by atoms with Gasteiger partial charge in [-0.25, -0.2) is 9.78 Å². The summed E-state index contributed by atoms with van der Waals surface area (Å²) in [5.41, 5.74) is 2.79. The number of nitrogens with one attached hydrogen (secondary N) is 1. The SMILES string of the molecule is COC(=O)c1cccnc1NC(C)c1ccc(C)cc1. The number of methoxy groups -OCH3 is 1. The zero-order valence-electron chi connectivity index (χ0n) is 11.9. The largest absolute Gasteiger partial charge is 0.465 e. The number of pyridine rings is 1. The highest BCUT2D eigenvalue weighted by atomic mass is 16.5. The fourth-order valence-corrected chi connectivity index (χ4v) is 1.94. The van der Waals surface area contributed by atoms with E-state index in [2.05, 4.69) is 41.5 Å². The Bertz CT molecular complexity index is 594. The second-order valence-electron chi connectivity index (χ2n) is 4.67. The molecule has 2 aromatic rings. The Morgan fingerprint density at radius 3 is 2.60 bits per heavy atom. The van der Waals surface area contributed by atoms with Crippen molar-refractivity contribution in [2.24, 2.45) is 0 Å². The number of ether oxygens (including phenoxy) is 1. The van der Waals surface area contributed by atoms with Gasteiger partial charge in [0.25, 0.3) is 0 Å². The van der Waals surface area contributed by atoms with Gasteiger partial charge in [0.05, 0.1) is 7.11 Å². The molecule has 1 unspecified atom stereocenters. The third-order valence-electron chi connectivity index (χ3n) is 3.14. The smallest absolute Gasteiger partial charge is 0.341 e. The van der Waals surface area contributed by atoms with Crippen LogP contribution in [0.1, 0.15) is 34.5 Å². The number of aryl methyl sites for hydroxylation is 1. The second kappa shape index (κ2) is 6.19. The molecule has 1 atom stereocenters. The number of benzene rings is 1. The molecule has 20 heavy (non-hydrogen) atoms. The van der Waals surface area contributed by atoms with Crippen LogP contribution in [0.2, 0.25) is 0 Å². The van der Waals surface area contributed by atoms with Gasteiger partial charge in [-0.1, -0.05) is 29.8 Å². The first-order valence-corrected chi connectivity index (χ1v) is 6.48. The lowest BCUT2D eigenvalue weighted by molar-refractivity contribution is 0.0601. The molecule has 0 saturated carbocycles. The van der Waals surface area contributed by atoms with Crippen LogP contribution in [0.3, 0.4) is 0 Å². The van der Waals surface area contributed by atoms with Gasteiger partial charge in [-0.05, 0) is 31.5 Å². The van der Waals surface area contributed by atoms with Crippen molar-refractivity contribution in [2.45, 2.75) is 19.9 Å². The molecule has 0 aliphatic rings. The van der Waals surface area contributed by atoms with Gasteiger partial charge in [-0.3, -0.25) is 0 Å². The number of aromatic nitrogens is 1. The average Bonchev–Trinajstić information content (AvgIpc) is 2.47. The number of nitrogens with zero attached hydrogens (tertiary/aromatic N) is 1. The summed E-state index contributed by atoms with van der Waals surface area (Å²) in [5, 5.41) is 3.25. The average molecular weight is 270 g/mol. The molecule has 104 valence electrons. The molecule has 0 spiro atoms. The molecule has 4 nitrogen and oxygen atoms in total. The molecule has 1 N–H and O–H groups in total. The van der Waals surface area contributed by atoms with E-state index in [4.69, 9.17) is 4.74 Å². The first kappa shape index (κ1) is 14.1. The first-order valence-electron chi connectivity index (χ1n) is 6.48. The predicted molar refractivity (Wildman–Crippen MR) is 78.8 cm³/mol. The standard InChI is InChI=1S/C16H18N2O2/c1-11-6-8-13(9-7-11)12(2)18-15-14(16(19)20-3)5-4-10-17-15/h4-10,12H,1-3H3,(H,17,18). The Balaban J connectivity index is 2.21. The monoisotopic (exact) mass is 270 g/mol. The molecule has 2 rings (SSSR count). The maximum atomic E-state index is 11.7. The highest BCUT2D eigenvalue weighted by Gasteiger charge is 2.14. The Morgan fingerprint density at radius 1 is 1.25 bits per heavy atom. The summed E-state index contributed by atoms with van der Waals surface area (Å²) >= 11 is 0. The molecule has 0 aliphatic carbocycles. The van der Waals surface area contributed by atoms with E-state index in [0.29, 0.717) is 11.4 Å². The molecule has 0 saturated heterocycles. The fraction of sp³-hybridized carbons (Fsp3) is 0.250. The van der Waals surface area contributed by atoms with Gasteiger partial charge in [0, 0.05) is 12.2 Å². The maximum absolute atomic E-state index is 11.7. The number of anilines is 1. The van der Waals surface area contributed by atoms with Crippen LogP contribution in [-0.2, 0) is 4.74 Å². The van der Waals surface area contributed by atoms with E-state index in [1.54, 1.807) is 18.3 Å². The van der Waals surface area contributed by atoms with Crippen LogP contribution in [-0.4, -0.2) is 18.1 Å². The summed E-state index contributed by atoms with van der Waals surface area (Å²) < 4.78 is 4.76. The van der Waals surface area contributed by atoms with Crippen molar-refractivity contribution >= 4 is 11.8 Å². The molecule has 1 heterocycles. The number of rotatable bonds is 4. The van der Waals surface area contributed by atoms with E-state index in [9.17, 15) is 4.79 Å². The molecule has 0 fully saturated rings. The van der Waals surface area contributed by atoms with Crippen molar-refractivity contribution in [3.8, 4) is 0 Å². The number of hydrogen-bond donors (Lipinski definition) is 1. The van der Waals surface area contributed by atoms with E-state index in [1.807, 2.05) is 6.92 Å². The van der Waals surface area contributed by atoms with E-state index in [-0.39, 0.29) is 6.04 Å². The summed E-state index contributed by atoms with van der Waals surface area (Å²) in [5.74, 6) is 0.143. The van der Waals surface area contributed by atoms with Gasteiger partial charge in [-0.15, -0.1) is 0 Å². The molecule has 1 aromatic heterocycles. The van der Waals surface area contributed by atoms with Crippen LogP contribution in [0.5, 0.6) is 0 Å². The Hall–Kier alpha value is -2.36. The van der Waals surface area contributed by atoms with Gasteiger partial charge < -0.3 is 10.1 Å². The van der Waals surface area contributed by atoms with Crippen LogP contribution >= 0.6 is 0 Å². The lowest BCUT2D eigenvalue weighted by Crippen LogP contribution is -2.13. The Labute approximate surface area is 118 Å².